The molecule has 0 unspecified atom stereocenters. The van der Waals surface area contributed by atoms with E-state index in [-0.39, 0.29) is 17.1 Å². The minimum Gasteiger partial charge on any atom is -0.495 e. The largest absolute Gasteiger partial charge is 0.495 e. The van der Waals surface area contributed by atoms with Crippen LogP contribution in [0.3, 0.4) is 0 Å². The van der Waals surface area contributed by atoms with Gasteiger partial charge in [-0.1, -0.05) is 54.1 Å². The van der Waals surface area contributed by atoms with Gasteiger partial charge < -0.3 is 10.1 Å². The lowest BCUT2D eigenvalue weighted by Crippen LogP contribution is -2.45. The molecule has 0 aliphatic rings. The highest BCUT2D eigenvalue weighted by Crippen LogP contribution is 2.25. The van der Waals surface area contributed by atoms with E-state index >= 15 is 0 Å². The monoisotopic (exact) mass is 452 g/mol. The molecule has 0 bridgehead atoms. The maximum atomic E-state index is 13.3. The Labute approximate surface area is 189 Å². The van der Waals surface area contributed by atoms with Crippen LogP contribution in [0.1, 0.15) is 22.3 Å². The molecule has 3 aromatic rings. The summed E-state index contributed by atoms with van der Waals surface area (Å²) in [5, 5.41) is 2.87. The molecule has 168 valence electrons. The first-order chi connectivity index (χ1) is 15.2. The van der Waals surface area contributed by atoms with Crippen LogP contribution in [0.4, 0.5) is 5.69 Å². The van der Waals surface area contributed by atoms with Gasteiger partial charge in [-0.25, -0.2) is 8.42 Å². The van der Waals surface area contributed by atoms with Gasteiger partial charge in [-0.2, -0.15) is 4.72 Å². The standard InChI is InChI=1S/C25H28N2O4S/c1-17-10-12-21(19(3)14-17)26-25(28)22(16-20-8-6-5-7-9-20)27-32(29,30)24-15-18(2)11-13-23(24)31-4/h5-15,22,27H,16H2,1-4H3,(H,26,28)/t22-/m0/s1. The minimum absolute atomic E-state index is 0.00243. The second kappa shape index (κ2) is 9.97. The van der Waals surface area contributed by atoms with Crippen LogP contribution < -0.4 is 14.8 Å². The van der Waals surface area contributed by atoms with Crippen LogP contribution in [0.5, 0.6) is 5.75 Å². The minimum atomic E-state index is -4.03. The van der Waals surface area contributed by atoms with Gasteiger partial charge in [0.15, 0.2) is 0 Å². The van der Waals surface area contributed by atoms with Crippen molar-refractivity contribution < 1.29 is 17.9 Å². The molecule has 32 heavy (non-hydrogen) atoms. The van der Waals surface area contributed by atoms with Crippen LogP contribution in [-0.4, -0.2) is 27.5 Å². The van der Waals surface area contributed by atoms with E-state index in [0.29, 0.717) is 5.69 Å². The second-order valence-corrected chi connectivity index (χ2v) is 9.51. The van der Waals surface area contributed by atoms with Crippen molar-refractivity contribution in [2.45, 2.75) is 38.1 Å². The van der Waals surface area contributed by atoms with Crippen LogP contribution in [0.15, 0.2) is 71.6 Å². The van der Waals surface area contributed by atoms with Crippen molar-refractivity contribution in [3.63, 3.8) is 0 Å². The third-order valence-electron chi connectivity index (χ3n) is 5.14. The number of amides is 1. The summed E-state index contributed by atoms with van der Waals surface area (Å²) in [6.45, 7) is 5.67. The number of aryl methyl sites for hydroxylation is 3. The van der Waals surface area contributed by atoms with E-state index in [1.54, 1.807) is 19.1 Å². The fourth-order valence-corrected chi connectivity index (χ4v) is 4.91. The zero-order valence-corrected chi connectivity index (χ0v) is 19.5. The second-order valence-electron chi connectivity index (χ2n) is 7.83. The molecule has 0 aromatic heterocycles. The predicted octanol–water partition coefficient (Wildman–Crippen LogP) is 4.15. The van der Waals surface area contributed by atoms with Crippen molar-refractivity contribution in [2.75, 3.05) is 12.4 Å². The molecule has 2 N–H and O–H groups in total. The molecule has 0 radical (unpaired) electrons. The topological polar surface area (TPSA) is 84.5 Å². The van der Waals surface area contributed by atoms with Gasteiger partial charge in [-0.05, 0) is 62.1 Å². The third kappa shape index (κ3) is 5.75. The summed E-state index contributed by atoms with van der Waals surface area (Å²) < 4.78 is 34.4. The maximum absolute atomic E-state index is 13.3. The summed E-state index contributed by atoms with van der Waals surface area (Å²) in [4.78, 5) is 13.2. The number of rotatable bonds is 8. The lowest BCUT2D eigenvalue weighted by Gasteiger charge is -2.20. The highest BCUT2D eigenvalue weighted by atomic mass is 32.2. The Morgan fingerprint density at radius 1 is 0.938 bits per heavy atom. The Bertz CT molecular complexity index is 1210. The highest BCUT2D eigenvalue weighted by molar-refractivity contribution is 7.89. The van der Waals surface area contributed by atoms with Crippen LogP contribution in [-0.2, 0) is 21.2 Å². The Morgan fingerprint density at radius 2 is 1.59 bits per heavy atom. The number of carbonyl (C=O) groups is 1. The number of sulfonamides is 1. The fraction of sp³-hybridized carbons (Fsp3) is 0.240. The van der Waals surface area contributed by atoms with Crippen molar-refractivity contribution >= 4 is 21.6 Å². The van der Waals surface area contributed by atoms with E-state index in [0.717, 1.165) is 22.3 Å². The Morgan fingerprint density at radius 3 is 2.25 bits per heavy atom. The zero-order chi connectivity index (χ0) is 23.3. The SMILES string of the molecule is COc1ccc(C)cc1S(=O)(=O)N[C@@H](Cc1ccccc1)C(=O)Nc1ccc(C)cc1C. The van der Waals surface area contributed by atoms with Crippen LogP contribution in [0.2, 0.25) is 0 Å². The van der Waals surface area contributed by atoms with Crippen LogP contribution in [0, 0.1) is 20.8 Å². The van der Waals surface area contributed by atoms with Gasteiger partial charge in [0.1, 0.15) is 16.7 Å². The van der Waals surface area contributed by atoms with Crippen molar-refractivity contribution in [3.05, 3.63) is 89.0 Å². The van der Waals surface area contributed by atoms with Gasteiger partial charge in [0.2, 0.25) is 15.9 Å². The summed E-state index contributed by atoms with van der Waals surface area (Å²) in [6.07, 6.45) is 0.199. The van der Waals surface area contributed by atoms with E-state index in [9.17, 15) is 13.2 Å². The smallest absolute Gasteiger partial charge is 0.245 e. The number of nitrogens with one attached hydrogen (secondary N) is 2. The molecule has 0 aliphatic heterocycles. The van der Waals surface area contributed by atoms with Crippen molar-refractivity contribution in [1.82, 2.24) is 4.72 Å². The number of anilines is 1. The van der Waals surface area contributed by atoms with Gasteiger partial charge in [-0.3, -0.25) is 4.79 Å². The van der Waals surface area contributed by atoms with E-state index < -0.39 is 22.0 Å². The number of hydrogen-bond donors (Lipinski definition) is 2. The molecule has 0 heterocycles. The Hall–Kier alpha value is -3.16. The summed E-state index contributed by atoms with van der Waals surface area (Å²) in [5.74, 6) is -0.215. The van der Waals surface area contributed by atoms with Gasteiger partial charge >= 0.3 is 0 Å². The molecule has 0 saturated heterocycles. The van der Waals surface area contributed by atoms with Crippen LogP contribution >= 0.6 is 0 Å². The number of benzene rings is 3. The average Bonchev–Trinajstić information content (AvgIpc) is 2.75. The third-order valence-corrected chi connectivity index (χ3v) is 6.64. The van der Waals surface area contributed by atoms with Gasteiger partial charge in [0.05, 0.1) is 7.11 Å². The van der Waals surface area contributed by atoms with Crippen LogP contribution in [0.25, 0.3) is 0 Å². The summed E-state index contributed by atoms with van der Waals surface area (Å²) >= 11 is 0. The molecule has 1 amide bonds. The number of ether oxygens (including phenoxy) is 1. The molecular weight excluding hydrogens is 424 g/mol. The molecule has 3 rings (SSSR count). The highest BCUT2D eigenvalue weighted by Gasteiger charge is 2.28. The lowest BCUT2D eigenvalue weighted by molar-refractivity contribution is -0.117. The molecule has 6 nitrogen and oxygen atoms in total. The van der Waals surface area contributed by atoms with Crippen molar-refractivity contribution in [3.8, 4) is 5.75 Å². The molecule has 0 fully saturated rings. The number of hydrogen-bond acceptors (Lipinski definition) is 4. The molecule has 7 heteroatoms. The van der Waals surface area contributed by atoms with Gasteiger partial charge in [0.25, 0.3) is 0 Å². The summed E-state index contributed by atoms with van der Waals surface area (Å²) in [5.41, 5.74) is 4.23. The molecule has 3 aromatic carbocycles. The summed E-state index contributed by atoms with van der Waals surface area (Å²) in [7, 11) is -2.62. The average molecular weight is 453 g/mol. The molecule has 1 atom stereocenters. The Balaban J connectivity index is 1.93. The first-order valence-electron chi connectivity index (χ1n) is 10.3. The van der Waals surface area contributed by atoms with E-state index in [1.165, 1.54) is 13.2 Å². The molecule has 0 aliphatic carbocycles. The fourth-order valence-electron chi connectivity index (χ4n) is 3.46. The first-order valence-corrected chi connectivity index (χ1v) is 11.8. The number of methoxy groups -OCH3 is 1. The molecule has 0 spiro atoms. The number of carbonyl (C=O) groups excluding carboxylic acids is 1. The quantitative estimate of drug-likeness (QED) is 0.538. The van der Waals surface area contributed by atoms with E-state index in [4.69, 9.17) is 4.74 Å². The summed E-state index contributed by atoms with van der Waals surface area (Å²) in [6, 6.07) is 18.9. The van der Waals surface area contributed by atoms with Crippen molar-refractivity contribution in [2.24, 2.45) is 0 Å². The van der Waals surface area contributed by atoms with E-state index in [2.05, 4.69) is 10.0 Å². The maximum Gasteiger partial charge on any atom is 0.245 e. The van der Waals surface area contributed by atoms with Gasteiger partial charge in [-0.15, -0.1) is 0 Å². The van der Waals surface area contributed by atoms with E-state index in [1.807, 2.05) is 62.4 Å². The predicted molar refractivity (Wildman–Crippen MR) is 127 cm³/mol. The zero-order valence-electron chi connectivity index (χ0n) is 18.7. The van der Waals surface area contributed by atoms with Crippen molar-refractivity contribution in [1.29, 1.82) is 0 Å². The normalized spacial score (nSPS) is 12.2. The first kappa shape index (κ1) is 23.5. The Kier molecular flexibility index (Phi) is 7.33. The van der Waals surface area contributed by atoms with Gasteiger partial charge in [0, 0.05) is 5.69 Å². The lowest BCUT2D eigenvalue weighted by atomic mass is 10.1. The molecular formula is C25H28N2O4S. The molecule has 0 saturated carbocycles.